The Morgan fingerprint density at radius 3 is 2.30 bits per heavy atom. The van der Waals surface area contributed by atoms with Crippen molar-refractivity contribution in [2.24, 2.45) is 0 Å². The molecule has 0 spiro atoms. The maximum Gasteiger partial charge on any atom is 0.309 e. The summed E-state index contributed by atoms with van der Waals surface area (Å²) < 4.78 is 0. The quantitative estimate of drug-likeness (QED) is 0.628. The molecule has 6 heteroatoms. The van der Waals surface area contributed by atoms with Gasteiger partial charge in [0, 0.05) is 18.0 Å². The summed E-state index contributed by atoms with van der Waals surface area (Å²) >= 11 is 1.41. The first kappa shape index (κ1) is 16.9. The van der Waals surface area contributed by atoms with Gasteiger partial charge >= 0.3 is 11.8 Å². The number of rotatable bonds is 6. The highest BCUT2D eigenvalue weighted by atomic mass is 32.1. The third kappa shape index (κ3) is 5.34. The monoisotopic (exact) mass is 330 g/mol. The molecule has 0 saturated heterocycles. The van der Waals surface area contributed by atoms with Crippen LogP contribution in [0.25, 0.3) is 0 Å². The lowest BCUT2D eigenvalue weighted by molar-refractivity contribution is -0.139. The Labute approximate surface area is 138 Å². The summed E-state index contributed by atoms with van der Waals surface area (Å²) in [6, 6.07) is 13.0. The Balaban J connectivity index is 1.71. The van der Waals surface area contributed by atoms with E-state index in [1.807, 2.05) is 36.4 Å². The van der Waals surface area contributed by atoms with Gasteiger partial charge in [-0.25, -0.2) is 0 Å². The molecule has 0 bridgehead atoms. The van der Waals surface area contributed by atoms with Crippen molar-refractivity contribution >= 4 is 28.9 Å². The van der Waals surface area contributed by atoms with Crippen LogP contribution in [0.4, 0.5) is 0 Å². The van der Waals surface area contributed by atoms with Gasteiger partial charge in [0.25, 0.3) is 0 Å². The lowest BCUT2D eigenvalue weighted by Gasteiger charge is -2.06. The standard InChI is InChI=1S/C17H18N2O3S/c1-12(20)15-8-7-14(23-15)9-10-18-16(21)17(22)19-11-13-5-3-2-4-6-13/h2-8H,9-11H2,1H3,(H,18,21)(H,19,22). The molecule has 0 aliphatic carbocycles. The lowest BCUT2D eigenvalue weighted by atomic mass is 10.2. The Morgan fingerprint density at radius 1 is 0.957 bits per heavy atom. The zero-order chi connectivity index (χ0) is 16.7. The molecule has 2 rings (SSSR count). The summed E-state index contributed by atoms with van der Waals surface area (Å²) in [5, 5.41) is 5.15. The second kappa shape index (κ2) is 8.24. The van der Waals surface area contributed by atoms with Crippen LogP contribution in [0, 0.1) is 0 Å². The maximum absolute atomic E-state index is 11.7. The fourth-order valence-electron chi connectivity index (χ4n) is 1.94. The largest absolute Gasteiger partial charge is 0.347 e. The van der Waals surface area contributed by atoms with Crippen molar-refractivity contribution in [1.29, 1.82) is 0 Å². The van der Waals surface area contributed by atoms with E-state index in [0.29, 0.717) is 24.4 Å². The van der Waals surface area contributed by atoms with Gasteiger partial charge in [0.2, 0.25) is 0 Å². The second-order valence-electron chi connectivity index (χ2n) is 5.00. The van der Waals surface area contributed by atoms with Crippen LogP contribution < -0.4 is 10.6 Å². The average molecular weight is 330 g/mol. The molecule has 2 N–H and O–H groups in total. The summed E-state index contributed by atoms with van der Waals surface area (Å²) in [5.74, 6) is -1.26. The first-order valence-corrected chi connectivity index (χ1v) is 8.07. The molecular weight excluding hydrogens is 312 g/mol. The summed E-state index contributed by atoms with van der Waals surface area (Å²) in [4.78, 5) is 36.3. The number of carbonyl (C=O) groups excluding carboxylic acids is 3. The van der Waals surface area contributed by atoms with Crippen molar-refractivity contribution in [3.8, 4) is 0 Å². The molecule has 0 aliphatic heterocycles. The molecule has 5 nitrogen and oxygen atoms in total. The highest BCUT2D eigenvalue weighted by Gasteiger charge is 2.12. The molecule has 0 saturated carbocycles. The van der Waals surface area contributed by atoms with Crippen molar-refractivity contribution in [3.05, 3.63) is 57.8 Å². The van der Waals surface area contributed by atoms with Gasteiger partial charge in [-0.05, 0) is 31.0 Å². The zero-order valence-corrected chi connectivity index (χ0v) is 13.6. The van der Waals surface area contributed by atoms with E-state index in [-0.39, 0.29) is 5.78 Å². The van der Waals surface area contributed by atoms with Gasteiger partial charge in [-0.2, -0.15) is 0 Å². The fraction of sp³-hybridized carbons (Fsp3) is 0.235. The first-order chi connectivity index (χ1) is 11.1. The third-order valence-electron chi connectivity index (χ3n) is 3.17. The van der Waals surface area contributed by atoms with Crippen LogP contribution in [0.3, 0.4) is 0 Å². The van der Waals surface area contributed by atoms with Crippen LogP contribution in [-0.2, 0) is 22.6 Å². The molecule has 0 atom stereocenters. The number of hydrogen-bond acceptors (Lipinski definition) is 4. The van der Waals surface area contributed by atoms with Crippen molar-refractivity contribution in [2.75, 3.05) is 6.54 Å². The van der Waals surface area contributed by atoms with E-state index >= 15 is 0 Å². The van der Waals surface area contributed by atoms with Gasteiger partial charge in [-0.15, -0.1) is 11.3 Å². The summed E-state index contributed by atoms with van der Waals surface area (Å²) in [7, 11) is 0. The van der Waals surface area contributed by atoms with E-state index < -0.39 is 11.8 Å². The number of nitrogens with one attached hydrogen (secondary N) is 2. The Kier molecular flexibility index (Phi) is 6.05. The molecule has 1 aromatic heterocycles. The lowest BCUT2D eigenvalue weighted by Crippen LogP contribution is -2.40. The molecule has 0 radical (unpaired) electrons. The molecule has 0 unspecified atom stereocenters. The van der Waals surface area contributed by atoms with Gasteiger partial charge in [0.15, 0.2) is 5.78 Å². The zero-order valence-electron chi connectivity index (χ0n) is 12.8. The van der Waals surface area contributed by atoms with Crippen molar-refractivity contribution < 1.29 is 14.4 Å². The Hall–Kier alpha value is -2.47. The average Bonchev–Trinajstić information content (AvgIpc) is 3.02. The van der Waals surface area contributed by atoms with Gasteiger partial charge < -0.3 is 10.6 Å². The summed E-state index contributed by atoms with van der Waals surface area (Å²) in [6.07, 6.45) is 0.593. The van der Waals surface area contributed by atoms with E-state index in [9.17, 15) is 14.4 Å². The maximum atomic E-state index is 11.7. The number of carbonyl (C=O) groups is 3. The predicted octanol–water partition coefficient (Wildman–Crippen LogP) is 1.93. The van der Waals surface area contributed by atoms with E-state index in [0.717, 1.165) is 10.4 Å². The summed E-state index contributed by atoms with van der Waals surface area (Å²) in [5.41, 5.74) is 0.934. The van der Waals surface area contributed by atoms with Crippen LogP contribution in [0.2, 0.25) is 0 Å². The number of thiophene rings is 1. The normalized spacial score (nSPS) is 10.1. The SMILES string of the molecule is CC(=O)c1ccc(CCNC(=O)C(=O)NCc2ccccc2)s1. The van der Waals surface area contributed by atoms with Gasteiger partial charge in [0.05, 0.1) is 4.88 Å². The molecule has 2 aromatic rings. The molecule has 0 fully saturated rings. The molecule has 0 aliphatic rings. The van der Waals surface area contributed by atoms with E-state index in [2.05, 4.69) is 10.6 Å². The summed E-state index contributed by atoms with van der Waals surface area (Å²) in [6.45, 7) is 2.20. The Bertz CT molecular complexity index is 695. The van der Waals surface area contributed by atoms with Gasteiger partial charge in [0.1, 0.15) is 0 Å². The topological polar surface area (TPSA) is 75.3 Å². The fourth-order valence-corrected chi connectivity index (χ4v) is 2.84. The minimum Gasteiger partial charge on any atom is -0.347 e. The van der Waals surface area contributed by atoms with E-state index in [1.165, 1.54) is 18.3 Å². The highest BCUT2D eigenvalue weighted by molar-refractivity contribution is 7.14. The number of Topliss-reactive ketones (excluding diaryl/α,β-unsaturated/α-hetero) is 1. The van der Waals surface area contributed by atoms with E-state index in [4.69, 9.17) is 0 Å². The molecular formula is C17H18N2O3S. The predicted molar refractivity (Wildman–Crippen MR) is 89.3 cm³/mol. The van der Waals surface area contributed by atoms with Gasteiger partial charge in [-0.3, -0.25) is 14.4 Å². The Morgan fingerprint density at radius 2 is 1.65 bits per heavy atom. The van der Waals surface area contributed by atoms with Crippen LogP contribution in [-0.4, -0.2) is 24.1 Å². The van der Waals surface area contributed by atoms with Crippen LogP contribution in [0.15, 0.2) is 42.5 Å². The van der Waals surface area contributed by atoms with Crippen LogP contribution >= 0.6 is 11.3 Å². The number of benzene rings is 1. The molecule has 120 valence electrons. The third-order valence-corrected chi connectivity index (χ3v) is 4.41. The van der Waals surface area contributed by atoms with Crippen molar-refractivity contribution in [1.82, 2.24) is 10.6 Å². The van der Waals surface area contributed by atoms with Crippen LogP contribution in [0.5, 0.6) is 0 Å². The minimum atomic E-state index is -0.649. The number of amides is 2. The molecule has 1 aromatic carbocycles. The highest BCUT2D eigenvalue weighted by Crippen LogP contribution is 2.16. The van der Waals surface area contributed by atoms with Crippen molar-refractivity contribution in [3.63, 3.8) is 0 Å². The first-order valence-electron chi connectivity index (χ1n) is 7.26. The number of hydrogen-bond donors (Lipinski definition) is 2. The second-order valence-corrected chi connectivity index (χ2v) is 6.16. The van der Waals surface area contributed by atoms with Crippen molar-refractivity contribution in [2.45, 2.75) is 19.9 Å². The number of ketones is 1. The van der Waals surface area contributed by atoms with Crippen LogP contribution in [0.1, 0.15) is 27.0 Å². The molecule has 1 heterocycles. The molecule has 23 heavy (non-hydrogen) atoms. The van der Waals surface area contributed by atoms with Gasteiger partial charge in [-0.1, -0.05) is 30.3 Å². The minimum absolute atomic E-state index is 0.0329. The van der Waals surface area contributed by atoms with E-state index in [1.54, 1.807) is 6.07 Å². The molecule has 2 amide bonds. The smallest absolute Gasteiger partial charge is 0.309 e.